The van der Waals surface area contributed by atoms with Gasteiger partial charge in [0.2, 0.25) is 5.91 Å². The first-order valence-corrected chi connectivity index (χ1v) is 7.24. The third-order valence-electron chi connectivity index (χ3n) is 4.49. The molecule has 4 heteroatoms. The van der Waals surface area contributed by atoms with Gasteiger partial charge in [0.15, 0.2) is 11.7 Å². The van der Waals surface area contributed by atoms with Crippen LogP contribution in [0.25, 0.3) is 0 Å². The molecule has 1 N–H and O–H groups in total. The highest BCUT2D eigenvalue weighted by Crippen LogP contribution is 2.49. The van der Waals surface area contributed by atoms with Crippen molar-refractivity contribution >= 4 is 11.7 Å². The molecule has 19 heavy (non-hydrogen) atoms. The summed E-state index contributed by atoms with van der Waals surface area (Å²) >= 11 is 0. The minimum atomic E-state index is -1.12. The first-order valence-electron chi connectivity index (χ1n) is 7.24. The Labute approximate surface area is 114 Å². The van der Waals surface area contributed by atoms with Crippen LogP contribution in [0.3, 0.4) is 0 Å². The van der Waals surface area contributed by atoms with E-state index in [1.807, 2.05) is 19.9 Å². The second-order valence-electron chi connectivity index (χ2n) is 6.33. The Morgan fingerprint density at radius 2 is 2.05 bits per heavy atom. The van der Waals surface area contributed by atoms with Gasteiger partial charge in [0.1, 0.15) is 0 Å². The molecule has 4 nitrogen and oxygen atoms in total. The predicted molar refractivity (Wildman–Crippen MR) is 70.9 cm³/mol. The van der Waals surface area contributed by atoms with E-state index < -0.39 is 11.8 Å². The van der Waals surface area contributed by atoms with E-state index in [4.69, 9.17) is 5.26 Å². The largest absolute Gasteiger partial charge is 0.352 e. The van der Waals surface area contributed by atoms with Crippen LogP contribution in [0.2, 0.25) is 0 Å². The van der Waals surface area contributed by atoms with Crippen LogP contribution >= 0.6 is 0 Å². The maximum Gasteiger partial charge on any atom is 0.245 e. The van der Waals surface area contributed by atoms with E-state index in [1.54, 1.807) is 0 Å². The van der Waals surface area contributed by atoms with Crippen molar-refractivity contribution in [1.82, 2.24) is 5.32 Å². The van der Waals surface area contributed by atoms with E-state index >= 15 is 0 Å². The van der Waals surface area contributed by atoms with Gasteiger partial charge in [-0.3, -0.25) is 9.59 Å². The summed E-state index contributed by atoms with van der Waals surface area (Å²) in [5, 5.41) is 11.7. The number of fused-ring (bicyclic) bond motifs is 2. The van der Waals surface area contributed by atoms with Crippen LogP contribution in [-0.4, -0.2) is 17.7 Å². The highest BCUT2D eigenvalue weighted by molar-refractivity contribution is 6.04. The Kier molecular flexibility index (Phi) is 4.24. The number of nitrogens with one attached hydrogen (secondary N) is 1. The second-order valence-corrected chi connectivity index (χ2v) is 6.33. The third kappa shape index (κ3) is 3.15. The molecule has 0 spiro atoms. The van der Waals surface area contributed by atoms with Gasteiger partial charge in [-0.25, -0.2) is 0 Å². The summed E-state index contributed by atoms with van der Waals surface area (Å²) in [6, 6.07) is 1.82. The summed E-state index contributed by atoms with van der Waals surface area (Å²) < 4.78 is 0. The Balaban J connectivity index is 1.90. The van der Waals surface area contributed by atoms with Gasteiger partial charge in [-0.05, 0) is 50.9 Å². The Hall–Kier alpha value is -1.37. The first-order chi connectivity index (χ1) is 9.01. The molecule has 2 bridgehead atoms. The van der Waals surface area contributed by atoms with Crippen LogP contribution in [0.15, 0.2) is 0 Å². The van der Waals surface area contributed by atoms with Gasteiger partial charge in [-0.1, -0.05) is 6.42 Å². The van der Waals surface area contributed by atoms with Crippen molar-refractivity contribution in [1.29, 1.82) is 5.26 Å². The molecule has 0 aliphatic heterocycles. The van der Waals surface area contributed by atoms with Crippen LogP contribution in [-0.2, 0) is 9.59 Å². The zero-order chi connectivity index (χ0) is 14.0. The molecule has 104 valence electrons. The van der Waals surface area contributed by atoms with Gasteiger partial charge < -0.3 is 5.32 Å². The van der Waals surface area contributed by atoms with Crippen LogP contribution in [0.5, 0.6) is 0 Å². The molecule has 0 heterocycles. The van der Waals surface area contributed by atoms with Crippen LogP contribution in [0.4, 0.5) is 0 Å². The Bertz CT molecular complexity index is 411. The van der Waals surface area contributed by atoms with Crippen molar-refractivity contribution in [2.24, 2.45) is 23.7 Å². The molecule has 0 radical (unpaired) electrons. The van der Waals surface area contributed by atoms with Crippen molar-refractivity contribution in [2.45, 2.75) is 52.0 Å². The molecule has 2 fully saturated rings. The van der Waals surface area contributed by atoms with E-state index in [2.05, 4.69) is 5.32 Å². The van der Waals surface area contributed by atoms with Gasteiger partial charge in [0.25, 0.3) is 0 Å². The lowest BCUT2D eigenvalue weighted by Gasteiger charge is -2.21. The van der Waals surface area contributed by atoms with E-state index in [1.165, 1.54) is 19.3 Å². The quantitative estimate of drug-likeness (QED) is 0.771. The summed E-state index contributed by atoms with van der Waals surface area (Å²) in [5.41, 5.74) is 0. The van der Waals surface area contributed by atoms with E-state index in [0.29, 0.717) is 18.3 Å². The van der Waals surface area contributed by atoms with Crippen molar-refractivity contribution in [2.75, 3.05) is 0 Å². The molecule has 0 aromatic carbocycles. The lowest BCUT2D eigenvalue weighted by Crippen LogP contribution is -2.39. The van der Waals surface area contributed by atoms with Crippen LogP contribution in [0.1, 0.15) is 46.0 Å². The van der Waals surface area contributed by atoms with Crippen molar-refractivity contribution in [3.63, 3.8) is 0 Å². The van der Waals surface area contributed by atoms with Gasteiger partial charge in [-0.2, -0.15) is 5.26 Å². The Morgan fingerprint density at radius 3 is 2.53 bits per heavy atom. The number of Topliss-reactive ketones (excluding diaryl/α,β-unsaturated/α-hetero) is 1. The number of hydrogen-bond donors (Lipinski definition) is 1. The standard InChI is InChI=1S/C15H22N2O2/c1-9(2)17-15(19)13(8-16)14(18)7-12-6-10-3-4-11(12)5-10/h9-13H,3-7H2,1-2H3,(H,17,19)/t10-,11-,12-,13+/m0/s1. The molecule has 4 atom stereocenters. The zero-order valence-corrected chi connectivity index (χ0v) is 11.7. The Morgan fingerprint density at radius 1 is 1.32 bits per heavy atom. The topological polar surface area (TPSA) is 70.0 Å². The minimum absolute atomic E-state index is 0.0429. The fourth-order valence-electron chi connectivity index (χ4n) is 3.65. The van der Waals surface area contributed by atoms with Crippen molar-refractivity contribution in [3.8, 4) is 6.07 Å². The van der Waals surface area contributed by atoms with Crippen LogP contribution < -0.4 is 5.32 Å². The van der Waals surface area contributed by atoms with E-state index in [-0.39, 0.29) is 11.8 Å². The number of amides is 1. The molecule has 0 saturated heterocycles. The summed E-state index contributed by atoms with van der Waals surface area (Å²) in [5.74, 6) is 0.0913. The fourth-order valence-corrected chi connectivity index (χ4v) is 3.65. The molecular formula is C15H22N2O2. The molecule has 1 amide bonds. The number of rotatable bonds is 5. The second kappa shape index (κ2) is 5.73. The monoisotopic (exact) mass is 262 g/mol. The SMILES string of the molecule is CC(C)NC(=O)[C@H](C#N)C(=O)C[C@@H]1C[C@H]2CC[C@H]1C2. The van der Waals surface area contributed by atoms with Gasteiger partial charge in [0.05, 0.1) is 6.07 Å². The maximum absolute atomic E-state index is 12.1. The van der Waals surface area contributed by atoms with Crippen molar-refractivity contribution < 1.29 is 9.59 Å². The number of nitriles is 1. The molecule has 0 aromatic heterocycles. The smallest absolute Gasteiger partial charge is 0.245 e. The number of hydrogen-bond acceptors (Lipinski definition) is 3. The summed E-state index contributed by atoms with van der Waals surface area (Å²) in [4.78, 5) is 24.0. The lowest BCUT2D eigenvalue weighted by molar-refractivity contribution is -0.132. The number of carbonyl (C=O) groups is 2. The number of carbonyl (C=O) groups excluding carboxylic acids is 2. The molecule has 0 unspecified atom stereocenters. The average molecular weight is 262 g/mol. The molecule has 2 aliphatic rings. The first kappa shape index (κ1) is 14.0. The highest BCUT2D eigenvalue weighted by atomic mass is 16.2. The molecule has 2 aliphatic carbocycles. The number of nitrogens with zero attached hydrogens (tertiary/aromatic N) is 1. The average Bonchev–Trinajstić information content (AvgIpc) is 2.90. The van der Waals surface area contributed by atoms with Gasteiger partial charge >= 0.3 is 0 Å². The predicted octanol–water partition coefficient (Wildman–Crippen LogP) is 2.05. The molecule has 0 aromatic rings. The van der Waals surface area contributed by atoms with Gasteiger partial charge in [-0.15, -0.1) is 0 Å². The maximum atomic E-state index is 12.1. The summed E-state index contributed by atoms with van der Waals surface area (Å²) in [6.07, 6.45) is 5.28. The fraction of sp³-hybridized carbons (Fsp3) is 0.800. The number of ketones is 1. The molecular weight excluding hydrogens is 240 g/mol. The lowest BCUT2D eigenvalue weighted by atomic mass is 9.83. The van der Waals surface area contributed by atoms with Gasteiger partial charge in [0, 0.05) is 12.5 Å². The molecule has 2 saturated carbocycles. The van der Waals surface area contributed by atoms with Crippen molar-refractivity contribution in [3.05, 3.63) is 0 Å². The summed E-state index contributed by atoms with van der Waals surface area (Å²) in [7, 11) is 0. The van der Waals surface area contributed by atoms with E-state index in [9.17, 15) is 9.59 Å². The molecule has 2 rings (SSSR count). The minimum Gasteiger partial charge on any atom is -0.352 e. The van der Waals surface area contributed by atoms with Crippen LogP contribution in [0, 0.1) is 35.0 Å². The summed E-state index contributed by atoms with van der Waals surface area (Å²) in [6.45, 7) is 3.65. The normalized spacial score (nSPS) is 30.1. The third-order valence-corrected chi connectivity index (χ3v) is 4.49. The highest BCUT2D eigenvalue weighted by Gasteiger charge is 2.41. The zero-order valence-electron chi connectivity index (χ0n) is 11.7. The van der Waals surface area contributed by atoms with E-state index in [0.717, 1.165) is 12.3 Å².